The molecule has 1 aliphatic rings. The maximum Gasteiger partial charge on any atom is 0.274 e. The molecular weight excluding hydrogens is 334 g/mol. The summed E-state index contributed by atoms with van der Waals surface area (Å²) in [6, 6.07) is 10.5. The van der Waals surface area contributed by atoms with Gasteiger partial charge >= 0.3 is 0 Å². The van der Waals surface area contributed by atoms with E-state index in [-0.39, 0.29) is 23.3 Å². The average molecular weight is 357 g/mol. The summed E-state index contributed by atoms with van der Waals surface area (Å²) >= 11 is 0. The van der Waals surface area contributed by atoms with Crippen molar-refractivity contribution in [1.82, 2.24) is 14.7 Å². The van der Waals surface area contributed by atoms with Gasteiger partial charge in [-0.2, -0.15) is 5.10 Å². The number of benzene rings is 1. The zero-order valence-electron chi connectivity index (χ0n) is 15.1. The summed E-state index contributed by atoms with van der Waals surface area (Å²) in [5.41, 5.74) is 0.0507. The average Bonchev–Trinajstić information content (AvgIpc) is 2.66. The molecule has 0 bridgehead atoms. The predicted octanol–water partition coefficient (Wildman–Crippen LogP) is 1.86. The maximum atomic E-state index is 12.6. The van der Waals surface area contributed by atoms with Crippen LogP contribution in [0.4, 0.5) is 0 Å². The molecule has 3 rings (SSSR count). The number of likely N-dealkylation sites (tertiary alicyclic amines) is 1. The van der Waals surface area contributed by atoms with Gasteiger partial charge in [0, 0.05) is 39.0 Å². The molecule has 0 saturated carbocycles. The zero-order chi connectivity index (χ0) is 18.5. The number of carbonyl (C=O) groups is 1. The highest BCUT2D eigenvalue weighted by Crippen LogP contribution is 2.29. The molecular formula is C19H23N3O4. The van der Waals surface area contributed by atoms with Crippen LogP contribution in [0.1, 0.15) is 30.3 Å². The Labute approximate surface area is 152 Å². The molecule has 1 aliphatic heterocycles. The number of aryl methyl sites for hydroxylation is 1. The van der Waals surface area contributed by atoms with Gasteiger partial charge in [-0.15, -0.1) is 0 Å². The van der Waals surface area contributed by atoms with Crippen LogP contribution in [0.3, 0.4) is 0 Å². The van der Waals surface area contributed by atoms with Crippen LogP contribution in [0.25, 0.3) is 0 Å². The van der Waals surface area contributed by atoms with Crippen molar-refractivity contribution >= 4 is 5.91 Å². The van der Waals surface area contributed by atoms with E-state index in [9.17, 15) is 9.59 Å². The van der Waals surface area contributed by atoms with Gasteiger partial charge in [0.2, 0.25) is 0 Å². The van der Waals surface area contributed by atoms with Crippen LogP contribution in [0.2, 0.25) is 0 Å². The number of nitrogens with zero attached hydrogens (tertiary/aromatic N) is 3. The van der Waals surface area contributed by atoms with E-state index in [1.807, 2.05) is 31.2 Å². The molecule has 1 fully saturated rings. The van der Waals surface area contributed by atoms with Crippen molar-refractivity contribution in [2.45, 2.75) is 25.9 Å². The molecule has 1 aromatic carbocycles. The first-order valence-electron chi connectivity index (χ1n) is 8.80. The molecule has 0 atom stereocenters. The molecule has 2 heterocycles. The molecule has 0 aliphatic carbocycles. The summed E-state index contributed by atoms with van der Waals surface area (Å²) in [6.07, 6.45) is 1.50. The number of amides is 1. The number of aromatic nitrogens is 2. The standard InChI is InChI=1S/C19H23N3O4/c1-3-25-16-6-4-5-7-17(16)26-14-10-12-22(13-11-14)19(24)15-8-9-18(23)21(2)20-15/h4-9,14H,3,10-13H2,1-2H3. The number of para-hydroxylation sites is 2. The lowest BCUT2D eigenvalue weighted by atomic mass is 10.1. The van der Waals surface area contributed by atoms with E-state index in [4.69, 9.17) is 9.47 Å². The molecule has 0 N–H and O–H groups in total. The lowest BCUT2D eigenvalue weighted by molar-refractivity contribution is 0.0581. The van der Waals surface area contributed by atoms with Gasteiger partial charge in [0.05, 0.1) is 6.61 Å². The molecule has 2 aromatic rings. The second-order valence-electron chi connectivity index (χ2n) is 6.17. The number of rotatable bonds is 5. The Morgan fingerprint density at radius 3 is 2.50 bits per heavy atom. The Hall–Kier alpha value is -2.83. The Morgan fingerprint density at radius 2 is 1.85 bits per heavy atom. The van der Waals surface area contributed by atoms with Crippen LogP contribution in [0.15, 0.2) is 41.2 Å². The van der Waals surface area contributed by atoms with E-state index < -0.39 is 0 Å². The van der Waals surface area contributed by atoms with Crippen molar-refractivity contribution < 1.29 is 14.3 Å². The highest BCUT2D eigenvalue weighted by molar-refractivity contribution is 5.92. The third-order valence-electron chi connectivity index (χ3n) is 4.35. The Kier molecular flexibility index (Phi) is 5.55. The molecule has 0 unspecified atom stereocenters. The third-order valence-corrected chi connectivity index (χ3v) is 4.35. The van der Waals surface area contributed by atoms with Gasteiger partial charge in [-0.05, 0) is 25.1 Å². The molecule has 138 valence electrons. The van der Waals surface area contributed by atoms with Crippen LogP contribution >= 0.6 is 0 Å². The molecule has 1 saturated heterocycles. The summed E-state index contributed by atoms with van der Waals surface area (Å²) in [6.45, 7) is 3.70. The molecule has 0 radical (unpaired) electrons. The Bertz CT molecular complexity index is 826. The quantitative estimate of drug-likeness (QED) is 0.817. The van der Waals surface area contributed by atoms with Crippen LogP contribution in [-0.4, -0.2) is 46.4 Å². The van der Waals surface area contributed by atoms with Gasteiger partial charge in [-0.3, -0.25) is 9.59 Å². The maximum absolute atomic E-state index is 12.6. The first-order valence-corrected chi connectivity index (χ1v) is 8.80. The SMILES string of the molecule is CCOc1ccccc1OC1CCN(C(=O)c2ccc(=O)n(C)n2)CC1. The van der Waals surface area contributed by atoms with E-state index in [1.54, 1.807) is 4.90 Å². The van der Waals surface area contributed by atoms with Gasteiger partial charge in [0.15, 0.2) is 11.5 Å². The molecule has 1 aromatic heterocycles. The predicted molar refractivity (Wildman–Crippen MR) is 96.6 cm³/mol. The topological polar surface area (TPSA) is 73.7 Å². The molecule has 0 spiro atoms. The second-order valence-corrected chi connectivity index (χ2v) is 6.17. The number of hydrogen-bond acceptors (Lipinski definition) is 5. The van der Waals surface area contributed by atoms with Crippen molar-refractivity contribution in [1.29, 1.82) is 0 Å². The smallest absolute Gasteiger partial charge is 0.274 e. The molecule has 1 amide bonds. The minimum atomic E-state index is -0.235. The van der Waals surface area contributed by atoms with Gasteiger partial charge in [0.1, 0.15) is 11.8 Å². The van der Waals surface area contributed by atoms with Crippen LogP contribution in [-0.2, 0) is 7.05 Å². The van der Waals surface area contributed by atoms with E-state index >= 15 is 0 Å². The summed E-state index contributed by atoms with van der Waals surface area (Å²) in [5, 5.41) is 4.03. The van der Waals surface area contributed by atoms with Gasteiger partial charge in [0.25, 0.3) is 11.5 Å². The van der Waals surface area contributed by atoms with E-state index in [2.05, 4.69) is 5.10 Å². The normalized spacial score (nSPS) is 14.9. The highest BCUT2D eigenvalue weighted by atomic mass is 16.5. The van der Waals surface area contributed by atoms with Gasteiger partial charge in [-0.25, -0.2) is 4.68 Å². The highest BCUT2D eigenvalue weighted by Gasteiger charge is 2.26. The third kappa shape index (κ3) is 4.04. The second kappa shape index (κ2) is 8.03. The molecule has 26 heavy (non-hydrogen) atoms. The number of carbonyl (C=O) groups excluding carboxylic acids is 1. The number of piperidine rings is 1. The number of ether oxygens (including phenoxy) is 2. The largest absolute Gasteiger partial charge is 0.490 e. The minimum Gasteiger partial charge on any atom is -0.490 e. The van der Waals surface area contributed by atoms with Crippen molar-refractivity contribution in [3.05, 3.63) is 52.4 Å². The summed E-state index contributed by atoms with van der Waals surface area (Å²) < 4.78 is 12.8. The van der Waals surface area contributed by atoms with Crippen molar-refractivity contribution in [3.8, 4) is 11.5 Å². The Morgan fingerprint density at radius 1 is 1.15 bits per heavy atom. The van der Waals surface area contributed by atoms with Crippen molar-refractivity contribution in [3.63, 3.8) is 0 Å². The van der Waals surface area contributed by atoms with E-state index in [0.717, 1.165) is 24.3 Å². The van der Waals surface area contributed by atoms with Crippen LogP contribution < -0.4 is 15.0 Å². The molecule has 7 heteroatoms. The van der Waals surface area contributed by atoms with Crippen molar-refractivity contribution in [2.75, 3.05) is 19.7 Å². The van der Waals surface area contributed by atoms with Crippen LogP contribution in [0.5, 0.6) is 11.5 Å². The minimum absolute atomic E-state index is 0.0359. The van der Waals surface area contributed by atoms with Crippen molar-refractivity contribution in [2.24, 2.45) is 7.05 Å². The first kappa shape index (κ1) is 18.0. The van der Waals surface area contributed by atoms with Gasteiger partial charge in [-0.1, -0.05) is 12.1 Å². The monoisotopic (exact) mass is 357 g/mol. The summed E-state index contributed by atoms with van der Waals surface area (Å²) in [5.74, 6) is 1.32. The molecule has 7 nitrogen and oxygen atoms in total. The van der Waals surface area contributed by atoms with Crippen LogP contribution in [0, 0.1) is 0 Å². The summed E-state index contributed by atoms with van der Waals surface area (Å²) in [7, 11) is 1.54. The lowest BCUT2D eigenvalue weighted by Gasteiger charge is -2.32. The summed E-state index contributed by atoms with van der Waals surface area (Å²) in [4.78, 5) is 25.7. The zero-order valence-corrected chi connectivity index (χ0v) is 15.1. The van der Waals surface area contributed by atoms with E-state index in [1.165, 1.54) is 23.9 Å². The van der Waals surface area contributed by atoms with E-state index in [0.29, 0.717) is 19.7 Å². The fraction of sp³-hybridized carbons (Fsp3) is 0.421. The first-order chi connectivity index (χ1) is 12.6. The fourth-order valence-electron chi connectivity index (χ4n) is 2.96. The van der Waals surface area contributed by atoms with Gasteiger partial charge < -0.3 is 14.4 Å². The fourth-order valence-corrected chi connectivity index (χ4v) is 2.96. The Balaban J connectivity index is 1.60. The lowest BCUT2D eigenvalue weighted by Crippen LogP contribution is -2.42. The number of hydrogen-bond donors (Lipinski definition) is 0.